The lowest BCUT2D eigenvalue weighted by Crippen LogP contribution is -2.41. The Morgan fingerprint density at radius 3 is 3.14 bits per heavy atom. The molecule has 0 bridgehead atoms. The summed E-state index contributed by atoms with van der Waals surface area (Å²) in [4.78, 5) is 18.4. The van der Waals surface area contributed by atoms with Gasteiger partial charge in [0.2, 0.25) is 0 Å². The van der Waals surface area contributed by atoms with E-state index in [0.717, 1.165) is 36.5 Å². The zero-order chi connectivity index (χ0) is 14.7. The quantitative estimate of drug-likeness (QED) is 0.890. The lowest BCUT2D eigenvalue weighted by Gasteiger charge is -2.31. The smallest absolute Gasteiger partial charge is 0.321 e. The van der Waals surface area contributed by atoms with E-state index in [1.807, 2.05) is 36.1 Å². The van der Waals surface area contributed by atoms with E-state index in [-0.39, 0.29) is 11.9 Å². The second kappa shape index (κ2) is 5.95. The predicted octanol–water partition coefficient (Wildman–Crippen LogP) is 2.52. The van der Waals surface area contributed by atoms with Crippen LogP contribution in [0.4, 0.5) is 10.5 Å². The van der Waals surface area contributed by atoms with Crippen molar-refractivity contribution in [1.82, 2.24) is 20.1 Å². The Labute approximate surface area is 123 Å². The number of nitrogens with one attached hydrogen (secondary N) is 2. The highest BCUT2D eigenvalue weighted by Gasteiger charge is 2.26. The number of carbonyl (C=O) groups excluding carboxylic acids is 1. The van der Waals surface area contributed by atoms with Crippen molar-refractivity contribution in [2.24, 2.45) is 0 Å². The van der Waals surface area contributed by atoms with Crippen molar-refractivity contribution >= 4 is 11.7 Å². The number of likely N-dealkylation sites (tertiary alicyclic amines) is 1. The van der Waals surface area contributed by atoms with Gasteiger partial charge in [0.05, 0.1) is 0 Å². The first kappa shape index (κ1) is 13.6. The SMILES string of the molecule is Cc1cccc(NC(=O)N2CCCC(c3ncn[nH]3)C2)c1. The molecule has 6 nitrogen and oxygen atoms in total. The molecule has 6 heteroatoms. The molecule has 0 spiro atoms. The maximum absolute atomic E-state index is 12.4. The number of benzene rings is 1. The molecule has 1 aliphatic heterocycles. The highest BCUT2D eigenvalue weighted by Crippen LogP contribution is 2.24. The summed E-state index contributed by atoms with van der Waals surface area (Å²) in [6.07, 6.45) is 3.52. The van der Waals surface area contributed by atoms with Gasteiger partial charge in [-0.05, 0) is 37.5 Å². The van der Waals surface area contributed by atoms with Crippen LogP contribution in [-0.2, 0) is 0 Å². The minimum atomic E-state index is -0.0511. The van der Waals surface area contributed by atoms with E-state index in [0.29, 0.717) is 6.54 Å². The van der Waals surface area contributed by atoms with Gasteiger partial charge in [-0.3, -0.25) is 5.10 Å². The lowest BCUT2D eigenvalue weighted by atomic mass is 9.98. The molecule has 1 aliphatic rings. The Balaban J connectivity index is 1.64. The van der Waals surface area contributed by atoms with Crippen molar-refractivity contribution in [1.29, 1.82) is 0 Å². The fourth-order valence-corrected chi connectivity index (χ4v) is 2.72. The van der Waals surface area contributed by atoms with Crippen LogP contribution in [0, 0.1) is 6.92 Å². The molecule has 110 valence electrons. The van der Waals surface area contributed by atoms with Gasteiger partial charge in [-0.1, -0.05) is 12.1 Å². The lowest BCUT2D eigenvalue weighted by molar-refractivity contribution is 0.191. The van der Waals surface area contributed by atoms with E-state index in [4.69, 9.17) is 0 Å². The maximum Gasteiger partial charge on any atom is 0.321 e. The van der Waals surface area contributed by atoms with E-state index in [1.165, 1.54) is 6.33 Å². The van der Waals surface area contributed by atoms with E-state index in [2.05, 4.69) is 20.5 Å². The van der Waals surface area contributed by atoms with Gasteiger partial charge in [0.15, 0.2) is 0 Å². The number of aryl methyl sites for hydroxylation is 1. The molecule has 21 heavy (non-hydrogen) atoms. The zero-order valence-corrected chi connectivity index (χ0v) is 12.0. The topological polar surface area (TPSA) is 73.9 Å². The van der Waals surface area contributed by atoms with E-state index in [1.54, 1.807) is 0 Å². The number of nitrogens with zero attached hydrogens (tertiary/aromatic N) is 3. The van der Waals surface area contributed by atoms with Crippen LogP contribution in [0.25, 0.3) is 0 Å². The molecule has 3 rings (SSSR count). The molecule has 1 unspecified atom stereocenters. The molecular weight excluding hydrogens is 266 g/mol. The van der Waals surface area contributed by atoms with Gasteiger partial charge in [-0.2, -0.15) is 5.10 Å². The fourth-order valence-electron chi connectivity index (χ4n) is 2.72. The van der Waals surface area contributed by atoms with Gasteiger partial charge in [0.25, 0.3) is 0 Å². The van der Waals surface area contributed by atoms with Crippen molar-refractivity contribution in [2.75, 3.05) is 18.4 Å². The summed E-state index contributed by atoms with van der Waals surface area (Å²) in [5, 5.41) is 9.75. The highest BCUT2D eigenvalue weighted by molar-refractivity contribution is 5.89. The molecule has 1 fully saturated rings. The summed E-state index contributed by atoms with van der Waals surface area (Å²) in [6, 6.07) is 7.78. The molecular formula is C15H19N5O. The van der Waals surface area contributed by atoms with Gasteiger partial charge in [-0.15, -0.1) is 0 Å². The average molecular weight is 285 g/mol. The van der Waals surface area contributed by atoms with Gasteiger partial charge in [0.1, 0.15) is 12.2 Å². The van der Waals surface area contributed by atoms with Crippen LogP contribution in [0.1, 0.15) is 30.1 Å². The third kappa shape index (κ3) is 3.21. The van der Waals surface area contributed by atoms with Gasteiger partial charge < -0.3 is 10.2 Å². The molecule has 1 aromatic heterocycles. The molecule has 2 aromatic rings. The minimum Gasteiger partial charge on any atom is -0.324 e. The molecule has 1 atom stereocenters. The Morgan fingerprint density at radius 1 is 1.48 bits per heavy atom. The van der Waals surface area contributed by atoms with Crippen LogP contribution in [0.15, 0.2) is 30.6 Å². The van der Waals surface area contributed by atoms with Crippen molar-refractivity contribution in [3.05, 3.63) is 42.0 Å². The molecule has 0 saturated carbocycles. The second-order valence-corrected chi connectivity index (χ2v) is 5.46. The predicted molar refractivity (Wildman–Crippen MR) is 80.1 cm³/mol. The van der Waals surface area contributed by atoms with Gasteiger partial charge >= 0.3 is 6.03 Å². The summed E-state index contributed by atoms with van der Waals surface area (Å²) < 4.78 is 0. The van der Waals surface area contributed by atoms with Crippen LogP contribution in [-0.4, -0.2) is 39.2 Å². The Hall–Kier alpha value is -2.37. The third-order valence-electron chi connectivity index (χ3n) is 3.80. The van der Waals surface area contributed by atoms with Crippen molar-refractivity contribution in [2.45, 2.75) is 25.7 Å². The Morgan fingerprint density at radius 2 is 2.38 bits per heavy atom. The van der Waals surface area contributed by atoms with Gasteiger partial charge in [0, 0.05) is 24.7 Å². The van der Waals surface area contributed by atoms with E-state index >= 15 is 0 Å². The second-order valence-electron chi connectivity index (χ2n) is 5.46. The first-order valence-corrected chi connectivity index (χ1v) is 7.20. The Bertz CT molecular complexity index is 610. The number of anilines is 1. The summed E-state index contributed by atoms with van der Waals surface area (Å²) in [6.45, 7) is 3.46. The van der Waals surface area contributed by atoms with Crippen molar-refractivity contribution in [3.8, 4) is 0 Å². The van der Waals surface area contributed by atoms with Crippen molar-refractivity contribution in [3.63, 3.8) is 0 Å². The number of amides is 2. The molecule has 0 aliphatic carbocycles. The summed E-state index contributed by atoms with van der Waals surface area (Å²) in [5.41, 5.74) is 1.97. The number of aromatic nitrogens is 3. The number of carbonyl (C=O) groups is 1. The number of urea groups is 1. The van der Waals surface area contributed by atoms with Crippen LogP contribution < -0.4 is 5.32 Å². The molecule has 2 heterocycles. The maximum atomic E-state index is 12.4. The van der Waals surface area contributed by atoms with E-state index in [9.17, 15) is 4.79 Å². The van der Waals surface area contributed by atoms with Gasteiger partial charge in [-0.25, -0.2) is 9.78 Å². The molecule has 1 saturated heterocycles. The monoisotopic (exact) mass is 285 g/mol. The number of hydrogen-bond donors (Lipinski definition) is 2. The molecule has 2 N–H and O–H groups in total. The van der Waals surface area contributed by atoms with Crippen LogP contribution in [0.2, 0.25) is 0 Å². The summed E-state index contributed by atoms with van der Waals surface area (Å²) >= 11 is 0. The number of rotatable bonds is 2. The van der Waals surface area contributed by atoms with Crippen LogP contribution >= 0.6 is 0 Å². The highest BCUT2D eigenvalue weighted by atomic mass is 16.2. The molecule has 0 radical (unpaired) electrons. The number of H-pyrrole nitrogens is 1. The van der Waals surface area contributed by atoms with Crippen LogP contribution in [0.3, 0.4) is 0 Å². The summed E-state index contributed by atoms with van der Waals surface area (Å²) in [7, 11) is 0. The van der Waals surface area contributed by atoms with Crippen LogP contribution in [0.5, 0.6) is 0 Å². The number of hydrogen-bond acceptors (Lipinski definition) is 3. The average Bonchev–Trinajstić information content (AvgIpc) is 3.02. The summed E-state index contributed by atoms with van der Waals surface area (Å²) in [5.74, 6) is 1.10. The van der Waals surface area contributed by atoms with Crippen molar-refractivity contribution < 1.29 is 4.79 Å². The standard InChI is InChI=1S/C15H19N5O/c1-11-4-2-6-13(8-11)18-15(21)20-7-3-5-12(9-20)14-16-10-17-19-14/h2,4,6,8,10,12H,3,5,7,9H2,1H3,(H,18,21)(H,16,17,19). The third-order valence-corrected chi connectivity index (χ3v) is 3.80. The minimum absolute atomic E-state index is 0.0511. The first-order valence-electron chi connectivity index (χ1n) is 7.20. The largest absolute Gasteiger partial charge is 0.324 e. The fraction of sp³-hybridized carbons (Fsp3) is 0.400. The Kier molecular flexibility index (Phi) is 3.85. The normalized spacial score (nSPS) is 18.5. The number of piperidine rings is 1. The molecule has 2 amide bonds. The zero-order valence-electron chi connectivity index (χ0n) is 12.0. The number of aromatic amines is 1. The first-order chi connectivity index (χ1) is 10.2. The van der Waals surface area contributed by atoms with E-state index < -0.39 is 0 Å². The molecule has 1 aromatic carbocycles.